The minimum Gasteiger partial charge on any atom is -0.398 e. The molecule has 0 unspecified atom stereocenters. The van der Waals surface area contributed by atoms with Gasteiger partial charge in [-0.25, -0.2) is 8.78 Å². The molecule has 5 heteroatoms. The average molecular weight is 323 g/mol. The summed E-state index contributed by atoms with van der Waals surface area (Å²) < 4.78 is 138. The first-order valence-electron chi connectivity index (χ1n) is 13.0. The number of nitrogens with two attached hydrogens (primary N) is 2. The van der Waals surface area contributed by atoms with Crippen molar-refractivity contribution in [2.24, 2.45) is 5.73 Å². The van der Waals surface area contributed by atoms with E-state index in [0.29, 0.717) is 0 Å². The Morgan fingerprint density at radius 3 is 2.18 bits per heavy atom. The van der Waals surface area contributed by atoms with Crippen molar-refractivity contribution in [3.05, 3.63) is 64.7 Å². The Hall–Kier alpha value is -2.43. The van der Waals surface area contributed by atoms with Crippen LogP contribution in [0.2, 0.25) is 2.82 Å². The second-order valence-corrected chi connectivity index (χ2v) is 3.68. The Bertz CT molecular complexity index is 1110. The highest BCUT2D eigenvalue weighted by Gasteiger charge is 2.12. The predicted molar refractivity (Wildman–Crippen MR) is 84.5 cm³/mol. The van der Waals surface area contributed by atoms with Crippen molar-refractivity contribution in [1.82, 2.24) is 0 Å². The number of amides is 1. The molecule has 0 saturated heterocycles. The molecule has 0 heterocycles. The zero-order chi connectivity index (χ0) is 29.5. The smallest absolute Gasteiger partial charge is 0.254 e. The van der Waals surface area contributed by atoms with E-state index in [1.54, 1.807) is 0 Å². The summed E-state index contributed by atoms with van der Waals surface area (Å²) >= 11 is 0. The molecule has 2 rings (SSSR count). The molecule has 1 amide bonds. The summed E-state index contributed by atoms with van der Waals surface area (Å²) in [5.41, 5.74) is -0.0564. The highest BCUT2D eigenvalue weighted by molar-refractivity contribution is 5.93. The van der Waals surface area contributed by atoms with Gasteiger partial charge in [-0.15, -0.1) is 0 Å². The lowest BCUT2D eigenvalue weighted by Gasteiger charge is -2.06. The van der Waals surface area contributed by atoms with Gasteiger partial charge in [-0.3, -0.25) is 4.79 Å². The molecule has 0 radical (unpaired) electrons. The Kier molecular flexibility index (Phi) is 2.08. The van der Waals surface area contributed by atoms with E-state index in [2.05, 4.69) is 0 Å². The summed E-state index contributed by atoms with van der Waals surface area (Å²) in [7, 11) is 0. The molecule has 0 aliphatic carbocycles. The SMILES string of the molecule is [15NH2][13C](=O)c1c(F)cccc1F.[2H]c1c([2H])c(C([2H])([2H])C([2H])([2H])[2H])c(N([2H])[2H])c(C([2H])([2H])C([2H])([2H])[2H])c1[2H]. The molecular weight excluding hydrogens is 288 g/mol. The van der Waals surface area contributed by atoms with Crippen LogP contribution >= 0.6 is 0 Å². The Labute approximate surface area is 150 Å². The third-order valence-corrected chi connectivity index (χ3v) is 2.31. The zero-order valence-electron chi connectivity index (χ0n) is 25.9. The maximum atomic E-state index is 12.6. The van der Waals surface area contributed by atoms with Crippen LogP contribution < -0.4 is 11.5 Å². The van der Waals surface area contributed by atoms with E-state index in [0.717, 1.165) is 18.2 Å². The summed E-state index contributed by atoms with van der Waals surface area (Å²) in [6, 6.07) is -0.271. The van der Waals surface area contributed by atoms with Crippen molar-refractivity contribution >= 4 is 11.6 Å². The van der Waals surface area contributed by atoms with Crippen molar-refractivity contribution in [2.45, 2.75) is 26.4 Å². The van der Waals surface area contributed by atoms with Crippen molar-refractivity contribution < 1.29 is 34.2 Å². The number of benzene rings is 2. The van der Waals surface area contributed by atoms with Gasteiger partial charge in [0, 0.05) is 19.4 Å². The summed E-state index contributed by atoms with van der Waals surface area (Å²) in [4.78, 5) is 10.4. The van der Waals surface area contributed by atoms with Crippen molar-refractivity contribution in [1.29, 1.82) is 0 Å². The zero-order valence-corrected chi connectivity index (χ0v) is 10.9. The van der Waals surface area contributed by atoms with Gasteiger partial charge in [-0.1, -0.05) is 37.9 Å². The van der Waals surface area contributed by atoms with Crippen molar-refractivity contribution in [2.75, 3.05) is 5.72 Å². The highest BCUT2D eigenvalue weighted by atomic mass is 19.1. The topological polar surface area (TPSA) is 69.1 Å². The van der Waals surface area contributed by atoms with Gasteiger partial charge >= 0.3 is 0 Å². The molecule has 2 aromatic rings. The number of primary amides is 1. The van der Waals surface area contributed by atoms with Crippen LogP contribution in [-0.2, 0) is 12.7 Å². The van der Waals surface area contributed by atoms with Crippen LogP contribution in [-0.4, -0.2) is 5.91 Å². The number of nitrogen functional groups attached to an aromatic ring is 1. The number of carbonyl (C=O) groups is 1. The molecule has 118 valence electrons. The lowest BCUT2D eigenvalue weighted by atomic mass is 10.0. The summed E-state index contributed by atoms with van der Waals surface area (Å²) in [5, 5.41) is 0. The lowest BCUT2D eigenvalue weighted by Crippen LogP contribution is -2.15. The molecule has 0 aliphatic heterocycles. The molecular formula is C17H20F2N2O. The molecule has 2 aromatic carbocycles. The average Bonchev–Trinajstić information content (AvgIpc) is 2.69. The van der Waals surface area contributed by atoms with E-state index in [-0.39, 0.29) is 0 Å². The van der Waals surface area contributed by atoms with Gasteiger partial charge in [-0.05, 0) is 36.0 Å². The fraction of sp³-hybridized carbons (Fsp3) is 0.235. The molecule has 0 aromatic heterocycles. The molecule has 0 aliphatic rings. The van der Waals surface area contributed by atoms with Crippen LogP contribution in [0.3, 0.4) is 0 Å². The minimum absolute atomic E-state index is 0.437. The molecule has 0 atom stereocenters. The normalized spacial score (nSPS) is 22.0. The number of para-hydroxylation sites is 1. The third-order valence-electron chi connectivity index (χ3n) is 2.31. The van der Waals surface area contributed by atoms with Gasteiger partial charge in [0.05, 0.1) is 4.11 Å². The Morgan fingerprint density at radius 2 is 1.82 bits per heavy atom. The van der Waals surface area contributed by atoms with E-state index in [1.807, 2.05) is 0 Å². The molecule has 0 spiro atoms. The van der Waals surface area contributed by atoms with Gasteiger partial charge in [0.25, 0.3) is 5.91 Å². The van der Waals surface area contributed by atoms with Gasteiger partial charge in [0.2, 0.25) is 0 Å². The van der Waals surface area contributed by atoms with E-state index in [1.165, 1.54) is 0 Å². The van der Waals surface area contributed by atoms with Gasteiger partial charge in [0.1, 0.15) is 17.2 Å². The van der Waals surface area contributed by atoms with Crippen LogP contribution in [0.25, 0.3) is 0 Å². The van der Waals surface area contributed by atoms with E-state index >= 15 is 0 Å². The Balaban J connectivity index is 0.000000516. The van der Waals surface area contributed by atoms with E-state index < -0.39 is 90.2 Å². The number of anilines is 1. The Morgan fingerprint density at radius 1 is 1.27 bits per heavy atom. The number of halogens is 2. The summed E-state index contributed by atoms with van der Waals surface area (Å²) in [5.74, 6) is -2.96. The van der Waals surface area contributed by atoms with Crippen LogP contribution in [0.15, 0.2) is 36.3 Å². The number of rotatable bonds is 4. The fourth-order valence-electron chi connectivity index (χ4n) is 1.31. The largest absolute Gasteiger partial charge is 0.398 e. The predicted octanol–water partition coefficient (Wildman–Crippen LogP) is 3.46. The number of carbonyl (C=O) groups excluding carboxylic acids is 1. The van der Waals surface area contributed by atoms with Gasteiger partial charge in [0.15, 0.2) is 2.82 Å². The van der Waals surface area contributed by atoms with Gasteiger partial charge < -0.3 is 11.5 Å². The van der Waals surface area contributed by atoms with Crippen LogP contribution in [0.1, 0.15) is 53.0 Å². The number of hydrogen-bond acceptors (Lipinski definition) is 2. The third kappa shape index (κ3) is 4.28. The molecule has 4 N–H and O–H groups in total. The monoisotopic (exact) mass is 323 g/mol. The quantitative estimate of drug-likeness (QED) is 0.514. The van der Waals surface area contributed by atoms with Gasteiger partial charge in [-0.2, -0.15) is 0 Å². The van der Waals surface area contributed by atoms with E-state index in [4.69, 9.17) is 26.4 Å². The molecule has 0 fully saturated rings. The second kappa shape index (κ2) is 8.12. The summed E-state index contributed by atoms with van der Waals surface area (Å²) in [6.45, 7) is -6.87. The van der Waals surface area contributed by atoms with Crippen LogP contribution in [0, 0.1) is 11.6 Å². The molecule has 0 saturated carbocycles. The minimum atomic E-state index is -3.44. The van der Waals surface area contributed by atoms with Crippen LogP contribution in [0.5, 0.6) is 0 Å². The van der Waals surface area contributed by atoms with Crippen molar-refractivity contribution in [3.8, 4) is 0 Å². The number of hydrogen-bond donors (Lipinski definition) is 2. The summed E-state index contributed by atoms with van der Waals surface area (Å²) in [6.07, 6.45) is -6.83. The maximum Gasteiger partial charge on any atom is 0.254 e. The van der Waals surface area contributed by atoms with E-state index in [9.17, 15) is 13.6 Å². The lowest BCUT2D eigenvalue weighted by molar-refractivity contribution is 0.0992. The maximum absolute atomic E-state index is 12.6. The standard InChI is InChI=1S/C10H15N.C7H5F2NO/c1-3-8-6-5-7-9(4-2)10(8)11;8-4-2-1-3-5(9)6(4)7(10)11/h5-7H,3-4,11H2,1-2H3;1-3H,(H2,10,11)/i1D3,2D3,3D2,4D2,5D,6D,7D;7+1,10+1/hD2. The first kappa shape index (κ1) is 5.65. The first-order valence-corrected chi connectivity index (χ1v) is 5.59. The highest BCUT2D eigenvalue weighted by Crippen LogP contribution is 2.17. The molecule has 0 bridgehead atoms. The van der Waals surface area contributed by atoms with Crippen molar-refractivity contribution in [3.63, 3.8) is 0 Å². The fourth-order valence-corrected chi connectivity index (χ4v) is 1.31. The molecule has 3 nitrogen and oxygen atoms in total. The first-order chi connectivity index (χ1) is 16.4. The van der Waals surface area contributed by atoms with Crippen LogP contribution in [0.4, 0.5) is 14.5 Å². The molecule has 22 heavy (non-hydrogen) atoms. The second-order valence-electron chi connectivity index (χ2n) is 3.68.